The Balaban J connectivity index is 3.86. The van der Waals surface area contributed by atoms with Gasteiger partial charge >= 0.3 is 11.9 Å². The molecule has 4 heteroatoms. The minimum atomic E-state index is -0.677. The zero-order chi connectivity index (χ0) is 35.0. The molecule has 0 aliphatic carbocycles. The van der Waals surface area contributed by atoms with Gasteiger partial charge in [0, 0.05) is 12.8 Å². The minimum Gasteiger partial charge on any atom is -0.481 e. The van der Waals surface area contributed by atoms with Crippen molar-refractivity contribution in [2.45, 2.75) is 193 Å². The lowest BCUT2D eigenvalue weighted by Gasteiger charge is -2.18. The van der Waals surface area contributed by atoms with Gasteiger partial charge in [0.15, 0.2) is 0 Å². The number of carboxylic acid groups (broad SMARTS) is 1. The maximum absolute atomic E-state index is 12.5. The van der Waals surface area contributed by atoms with Gasteiger partial charge in [-0.25, -0.2) is 0 Å². The topological polar surface area (TPSA) is 63.6 Å². The lowest BCUT2D eigenvalue weighted by atomic mass is 10.0. The van der Waals surface area contributed by atoms with Gasteiger partial charge in [0.2, 0.25) is 0 Å². The third kappa shape index (κ3) is 37.8. The van der Waals surface area contributed by atoms with E-state index in [-0.39, 0.29) is 12.1 Å². The highest BCUT2D eigenvalue weighted by atomic mass is 16.5. The van der Waals surface area contributed by atoms with E-state index in [9.17, 15) is 9.59 Å². The summed E-state index contributed by atoms with van der Waals surface area (Å²) in [7, 11) is 0. The van der Waals surface area contributed by atoms with Crippen LogP contribution in [0.1, 0.15) is 187 Å². The quantitative estimate of drug-likeness (QED) is 0.0415. The summed E-state index contributed by atoms with van der Waals surface area (Å²) >= 11 is 0. The largest absolute Gasteiger partial charge is 0.481 e. The van der Waals surface area contributed by atoms with Crippen molar-refractivity contribution in [3.8, 4) is 0 Å². The fraction of sp³-hybridized carbons (Fsp3) is 0.682. The Morgan fingerprint density at radius 3 is 1.33 bits per heavy atom. The molecule has 48 heavy (non-hydrogen) atoms. The Kier molecular flexibility index (Phi) is 36.7. The van der Waals surface area contributed by atoms with Crippen molar-refractivity contribution >= 4 is 11.9 Å². The van der Waals surface area contributed by atoms with Crippen LogP contribution in [-0.2, 0) is 14.3 Å². The van der Waals surface area contributed by atoms with Crippen molar-refractivity contribution in [2.24, 2.45) is 0 Å². The molecule has 1 unspecified atom stereocenters. The Labute approximate surface area is 297 Å². The number of carboxylic acids is 1. The van der Waals surface area contributed by atoms with Crippen molar-refractivity contribution in [2.75, 3.05) is 0 Å². The van der Waals surface area contributed by atoms with E-state index in [2.05, 4.69) is 86.8 Å². The summed E-state index contributed by atoms with van der Waals surface area (Å²) in [6.07, 6.45) is 55.3. The van der Waals surface area contributed by atoms with Crippen LogP contribution in [0.25, 0.3) is 0 Å². The lowest BCUT2D eigenvalue weighted by Crippen LogP contribution is -2.18. The van der Waals surface area contributed by atoms with Crippen LogP contribution >= 0.6 is 0 Å². The Morgan fingerprint density at radius 1 is 0.479 bits per heavy atom. The number of carbonyl (C=O) groups is 2. The summed E-state index contributed by atoms with van der Waals surface area (Å²) in [6, 6.07) is 0. The molecule has 0 saturated carbocycles. The van der Waals surface area contributed by atoms with Crippen LogP contribution < -0.4 is 0 Å². The molecule has 0 spiro atoms. The molecule has 0 aromatic carbocycles. The van der Waals surface area contributed by atoms with Gasteiger partial charge in [-0.3, -0.25) is 9.59 Å². The fourth-order valence-corrected chi connectivity index (χ4v) is 5.54. The predicted molar refractivity (Wildman–Crippen MR) is 208 cm³/mol. The summed E-state index contributed by atoms with van der Waals surface area (Å²) in [5.74, 6) is -0.689. The average molecular weight is 667 g/mol. The number of hydrogen-bond donors (Lipinski definition) is 1. The van der Waals surface area contributed by atoms with Gasteiger partial charge in [-0.2, -0.15) is 0 Å². The second kappa shape index (κ2) is 38.8. The highest BCUT2D eigenvalue weighted by molar-refractivity contribution is 5.69. The standard InChI is InChI=1S/C44H74O4/c1-3-5-7-8-9-10-11-12-13-14-15-16-17-18-19-20-24-27-30-33-37-41-44(47)48-42(38-34-6-4-2)39-35-31-28-25-22-21-23-26-29-32-36-40-43(45)46/h5,7,9-10,12-13,15-16,18-19,24,27,42H,3-4,6,8,11,14,17,20-23,25-26,28-41H2,1-2H3,(H,45,46)/b7-5-,10-9-,13-12-,16-15-,19-18-,27-24-. The van der Waals surface area contributed by atoms with Crippen molar-refractivity contribution in [3.63, 3.8) is 0 Å². The average Bonchev–Trinajstić information content (AvgIpc) is 3.07. The van der Waals surface area contributed by atoms with Crippen LogP contribution in [0.3, 0.4) is 0 Å². The normalized spacial score (nSPS) is 13.0. The smallest absolute Gasteiger partial charge is 0.306 e. The maximum Gasteiger partial charge on any atom is 0.306 e. The first-order valence-electron chi connectivity index (χ1n) is 19.9. The molecule has 0 aromatic heterocycles. The molecule has 4 nitrogen and oxygen atoms in total. The van der Waals surface area contributed by atoms with Gasteiger partial charge in [0.05, 0.1) is 0 Å². The van der Waals surface area contributed by atoms with Crippen molar-refractivity contribution in [1.29, 1.82) is 0 Å². The van der Waals surface area contributed by atoms with Gasteiger partial charge < -0.3 is 9.84 Å². The van der Waals surface area contributed by atoms with Gasteiger partial charge in [-0.05, 0) is 89.9 Å². The Hall–Kier alpha value is -2.62. The molecule has 0 amide bonds. The zero-order valence-electron chi connectivity index (χ0n) is 31.3. The van der Waals surface area contributed by atoms with E-state index in [1.54, 1.807) is 0 Å². The number of allylic oxidation sites excluding steroid dienone is 12. The van der Waals surface area contributed by atoms with Gasteiger partial charge in [0.1, 0.15) is 6.10 Å². The van der Waals surface area contributed by atoms with Gasteiger partial charge in [0.25, 0.3) is 0 Å². The highest BCUT2D eigenvalue weighted by Crippen LogP contribution is 2.18. The number of hydrogen-bond acceptors (Lipinski definition) is 3. The monoisotopic (exact) mass is 667 g/mol. The van der Waals surface area contributed by atoms with Crippen molar-refractivity contribution < 1.29 is 19.4 Å². The number of ether oxygens (including phenoxy) is 1. The molecule has 1 N–H and O–H groups in total. The summed E-state index contributed by atoms with van der Waals surface area (Å²) in [5, 5.41) is 8.69. The highest BCUT2D eigenvalue weighted by Gasteiger charge is 2.14. The van der Waals surface area contributed by atoms with Gasteiger partial charge in [-0.15, -0.1) is 0 Å². The van der Waals surface area contributed by atoms with Crippen molar-refractivity contribution in [3.05, 3.63) is 72.9 Å². The maximum atomic E-state index is 12.5. The van der Waals surface area contributed by atoms with E-state index < -0.39 is 5.97 Å². The molecule has 0 saturated heterocycles. The predicted octanol–water partition coefficient (Wildman–Crippen LogP) is 13.9. The van der Waals surface area contributed by atoms with Crippen LogP contribution in [0.5, 0.6) is 0 Å². The third-order valence-corrected chi connectivity index (χ3v) is 8.44. The summed E-state index contributed by atoms with van der Waals surface area (Å²) < 4.78 is 5.94. The van der Waals surface area contributed by atoms with Crippen LogP contribution in [0.4, 0.5) is 0 Å². The molecule has 0 bridgehead atoms. The SMILES string of the molecule is CC/C=C\C/C=C\C/C=C\C/C=C\C/C=C\C/C=C\CCCCC(=O)OC(CCCCC)CCCCCCCCCCCCCC(=O)O. The minimum absolute atomic E-state index is 0.0118. The van der Waals surface area contributed by atoms with Crippen LogP contribution in [-0.4, -0.2) is 23.1 Å². The first-order valence-corrected chi connectivity index (χ1v) is 19.9. The van der Waals surface area contributed by atoms with Crippen LogP contribution in [0, 0.1) is 0 Å². The Morgan fingerprint density at radius 2 is 0.875 bits per heavy atom. The molecule has 0 heterocycles. The van der Waals surface area contributed by atoms with E-state index in [1.807, 2.05) is 0 Å². The van der Waals surface area contributed by atoms with Crippen LogP contribution in [0.2, 0.25) is 0 Å². The van der Waals surface area contributed by atoms with E-state index in [0.717, 1.165) is 103 Å². The fourth-order valence-electron chi connectivity index (χ4n) is 5.54. The third-order valence-electron chi connectivity index (χ3n) is 8.44. The van der Waals surface area contributed by atoms with E-state index in [0.29, 0.717) is 12.8 Å². The molecule has 0 rings (SSSR count). The molecule has 0 aliphatic heterocycles. The van der Waals surface area contributed by atoms with E-state index in [4.69, 9.17) is 9.84 Å². The summed E-state index contributed by atoms with van der Waals surface area (Å²) in [6.45, 7) is 4.38. The number of aliphatic carboxylic acids is 1. The van der Waals surface area contributed by atoms with Gasteiger partial charge in [-0.1, -0.05) is 157 Å². The molecule has 0 aromatic rings. The van der Waals surface area contributed by atoms with Crippen molar-refractivity contribution in [1.82, 2.24) is 0 Å². The number of rotatable bonds is 35. The second-order valence-electron chi connectivity index (χ2n) is 13.1. The first-order chi connectivity index (χ1) is 23.6. The zero-order valence-corrected chi connectivity index (χ0v) is 31.3. The summed E-state index contributed by atoms with van der Waals surface area (Å²) in [5.41, 5.74) is 0. The number of carbonyl (C=O) groups excluding carboxylic acids is 1. The molecule has 1 atom stereocenters. The van der Waals surface area contributed by atoms with E-state index in [1.165, 1.54) is 57.8 Å². The molecule has 0 radical (unpaired) electrons. The molecular weight excluding hydrogens is 592 g/mol. The van der Waals surface area contributed by atoms with E-state index >= 15 is 0 Å². The number of esters is 1. The summed E-state index contributed by atoms with van der Waals surface area (Å²) in [4.78, 5) is 23.1. The second-order valence-corrected chi connectivity index (χ2v) is 13.1. The van der Waals surface area contributed by atoms with Crippen LogP contribution in [0.15, 0.2) is 72.9 Å². The molecule has 0 aliphatic rings. The molecule has 274 valence electrons. The lowest BCUT2D eigenvalue weighted by molar-refractivity contribution is -0.150. The Bertz CT molecular complexity index is 892. The molecular formula is C44H74O4. The number of unbranched alkanes of at least 4 members (excludes halogenated alkanes) is 14. The molecule has 0 fully saturated rings. The first kappa shape index (κ1) is 45.4.